The van der Waals surface area contributed by atoms with E-state index in [1.807, 2.05) is 36.4 Å². The monoisotopic (exact) mass is 312 g/mol. The van der Waals surface area contributed by atoms with Crippen molar-refractivity contribution in [2.45, 2.75) is 25.3 Å². The lowest BCUT2D eigenvalue weighted by Gasteiger charge is -2.25. The van der Waals surface area contributed by atoms with Crippen LogP contribution >= 0.6 is 0 Å². The molecule has 1 atom stereocenters. The van der Waals surface area contributed by atoms with E-state index in [4.69, 9.17) is 9.47 Å². The fourth-order valence-electron chi connectivity index (χ4n) is 2.80. The van der Waals surface area contributed by atoms with Gasteiger partial charge in [-0.1, -0.05) is 18.2 Å². The van der Waals surface area contributed by atoms with E-state index in [2.05, 4.69) is 10.3 Å². The van der Waals surface area contributed by atoms with Gasteiger partial charge in [-0.3, -0.25) is 4.79 Å². The molecule has 0 fully saturated rings. The maximum absolute atomic E-state index is 12.3. The van der Waals surface area contributed by atoms with Crippen LogP contribution in [-0.2, 0) is 11.3 Å². The molecule has 2 heterocycles. The van der Waals surface area contributed by atoms with Gasteiger partial charge in [-0.25, -0.2) is 4.98 Å². The van der Waals surface area contributed by atoms with Crippen LogP contribution in [0.1, 0.15) is 29.9 Å². The van der Waals surface area contributed by atoms with Crippen LogP contribution in [0.2, 0.25) is 0 Å². The molecule has 2 aromatic rings. The molecule has 1 aliphatic rings. The van der Waals surface area contributed by atoms with E-state index in [9.17, 15) is 4.79 Å². The number of nitrogens with one attached hydrogen (secondary N) is 1. The first-order valence-corrected chi connectivity index (χ1v) is 7.73. The Balaban J connectivity index is 1.58. The summed E-state index contributed by atoms with van der Waals surface area (Å²) in [5, 5.41) is 2.97. The molecule has 1 amide bonds. The molecule has 1 N–H and O–H groups in total. The quantitative estimate of drug-likeness (QED) is 0.922. The van der Waals surface area contributed by atoms with Crippen molar-refractivity contribution in [3.8, 4) is 11.6 Å². The number of amides is 1. The highest BCUT2D eigenvalue weighted by atomic mass is 16.5. The van der Waals surface area contributed by atoms with E-state index < -0.39 is 0 Å². The lowest BCUT2D eigenvalue weighted by Crippen LogP contribution is -2.26. The number of methoxy groups -OCH3 is 1. The summed E-state index contributed by atoms with van der Waals surface area (Å²) in [7, 11) is 1.58. The standard InChI is InChI=1S/C18H20N2O3/c1-22-18-10-13(6-8-19-18)12-20-17(21)11-14-7-9-23-16-5-3-2-4-15(14)16/h2-6,8,10,14H,7,9,11-12H2,1H3,(H,20,21)/t14-/m1/s1. The largest absolute Gasteiger partial charge is 0.493 e. The van der Waals surface area contributed by atoms with Crippen LogP contribution in [0.5, 0.6) is 11.6 Å². The molecule has 0 spiro atoms. The SMILES string of the molecule is COc1cc(CNC(=O)C[C@H]2CCOc3ccccc32)ccn1. The summed E-state index contributed by atoms with van der Waals surface area (Å²) in [5.41, 5.74) is 2.09. The Hall–Kier alpha value is -2.56. The van der Waals surface area contributed by atoms with Crippen LogP contribution in [0.4, 0.5) is 0 Å². The van der Waals surface area contributed by atoms with Gasteiger partial charge in [0.15, 0.2) is 0 Å². The van der Waals surface area contributed by atoms with Crippen molar-refractivity contribution < 1.29 is 14.3 Å². The van der Waals surface area contributed by atoms with Crippen LogP contribution in [0, 0.1) is 0 Å². The van der Waals surface area contributed by atoms with E-state index in [1.165, 1.54) is 0 Å². The minimum Gasteiger partial charge on any atom is -0.493 e. The molecule has 0 radical (unpaired) electrons. The summed E-state index contributed by atoms with van der Waals surface area (Å²) in [6, 6.07) is 11.6. The van der Waals surface area contributed by atoms with E-state index >= 15 is 0 Å². The minimum absolute atomic E-state index is 0.0440. The minimum atomic E-state index is 0.0440. The second-order valence-electron chi connectivity index (χ2n) is 5.56. The fraction of sp³-hybridized carbons (Fsp3) is 0.333. The van der Waals surface area contributed by atoms with E-state index in [-0.39, 0.29) is 11.8 Å². The molecule has 0 saturated heterocycles. The Morgan fingerprint density at radius 2 is 2.26 bits per heavy atom. The zero-order chi connectivity index (χ0) is 16.1. The molecule has 23 heavy (non-hydrogen) atoms. The summed E-state index contributed by atoms with van der Waals surface area (Å²) in [6.45, 7) is 1.14. The van der Waals surface area contributed by atoms with Gasteiger partial charge in [-0.2, -0.15) is 0 Å². The molecule has 5 heteroatoms. The smallest absolute Gasteiger partial charge is 0.220 e. The van der Waals surface area contributed by atoms with Gasteiger partial charge < -0.3 is 14.8 Å². The third kappa shape index (κ3) is 3.80. The maximum Gasteiger partial charge on any atom is 0.220 e. The van der Waals surface area contributed by atoms with Gasteiger partial charge in [0.2, 0.25) is 11.8 Å². The highest BCUT2D eigenvalue weighted by Gasteiger charge is 2.23. The van der Waals surface area contributed by atoms with Crippen LogP contribution in [-0.4, -0.2) is 24.6 Å². The normalized spacial score (nSPS) is 16.1. The average Bonchev–Trinajstić information content (AvgIpc) is 2.60. The molecule has 0 saturated carbocycles. The molecular weight excluding hydrogens is 292 g/mol. The van der Waals surface area contributed by atoms with Crippen molar-refractivity contribution in [3.63, 3.8) is 0 Å². The number of hydrogen-bond donors (Lipinski definition) is 1. The maximum atomic E-state index is 12.3. The number of ether oxygens (including phenoxy) is 2. The summed E-state index contributed by atoms with van der Waals surface area (Å²) in [4.78, 5) is 16.3. The zero-order valence-electron chi connectivity index (χ0n) is 13.1. The zero-order valence-corrected chi connectivity index (χ0v) is 13.1. The molecule has 1 aliphatic heterocycles. The lowest BCUT2D eigenvalue weighted by molar-refractivity contribution is -0.121. The van der Waals surface area contributed by atoms with Gasteiger partial charge in [-0.15, -0.1) is 0 Å². The number of hydrogen-bond acceptors (Lipinski definition) is 4. The number of rotatable bonds is 5. The van der Waals surface area contributed by atoms with E-state index in [1.54, 1.807) is 13.3 Å². The second kappa shape index (κ2) is 7.13. The van der Waals surface area contributed by atoms with E-state index in [0.29, 0.717) is 25.5 Å². The lowest BCUT2D eigenvalue weighted by atomic mass is 9.90. The molecule has 0 unspecified atom stereocenters. The number of carbonyl (C=O) groups is 1. The Morgan fingerprint density at radius 1 is 1.39 bits per heavy atom. The summed E-state index contributed by atoms with van der Waals surface area (Å²) in [5.74, 6) is 1.71. The number of benzene rings is 1. The van der Waals surface area contributed by atoms with Gasteiger partial charge in [0.25, 0.3) is 0 Å². The molecule has 0 bridgehead atoms. The van der Waals surface area contributed by atoms with Gasteiger partial charge in [0.1, 0.15) is 5.75 Å². The molecule has 120 valence electrons. The first-order valence-electron chi connectivity index (χ1n) is 7.73. The van der Waals surface area contributed by atoms with Gasteiger partial charge in [0, 0.05) is 25.2 Å². The van der Waals surface area contributed by atoms with Crippen molar-refractivity contribution in [1.29, 1.82) is 0 Å². The highest BCUT2D eigenvalue weighted by Crippen LogP contribution is 2.35. The molecule has 3 rings (SSSR count). The summed E-state index contributed by atoms with van der Waals surface area (Å²) < 4.78 is 10.7. The molecule has 1 aromatic heterocycles. The van der Waals surface area contributed by atoms with Crippen molar-refractivity contribution in [2.75, 3.05) is 13.7 Å². The van der Waals surface area contributed by atoms with Crippen LogP contribution in [0.15, 0.2) is 42.6 Å². The Morgan fingerprint density at radius 3 is 3.13 bits per heavy atom. The predicted molar refractivity (Wildman–Crippen MR) is 86.5 cm³/mol. The topological polar surface area (TPSA) is 60.5 Å². The van der Waals surface area contributed by atoms with E-state index in [0.717, 1.165) is 23.3 Å². The molecule has 0 aliphatic carbocycles. The second-order valence-corrected chi connectivity index (χ2v) is 5.56. The number of para-hydroxylation sites is 1. The highest BCUT2D eigenvalue weighted by molar-refractivity contribution is 5.77. The number of pyridine rings is 1. The van der Waals surface area contributed by atoms with Crippen LogP contribution in [0.25, 0.3) is 0 Å². The van der Waals surface area contributed by atoms with Gasteiger partial charge in [-0.05, 0) is 35.6 Å². The first kappa shape index (κ1) is 15.3. The van der Waals surface area contributed by atoms with Crippen molar-refractivity contribution in [2.24, 2.45) is 0 Å². The Kier molecular flexibility index (Phi) is 4.76. The summed E-state index contributed by atoms with van der Waals surface area (Å²) >= 11 is 0. The number of carbonyl (C=O) groups excluding carboxylic acids is 1. The van der Waals surface area contributed by atoms with Gasteiger partial charge >= 0.3 is 0 Å². The Labute approximate surface area is 135 Å². The summed E-state index contributed by atoms with van der Waals surface area (Å²) in [6.07, 6.45) is 3.02. The van der Waals surface area contributed by atoms with Crippen molar-refractivity contribution in [3.05, 3.63) is 53.7 Å². The predicted octanol–water partition coefficient (Wildman–Crippen LogP) is 2.66. The first-order chi connectivity index (χ1) is 11.3. The van der Waals surface area contributed by atoms with Crippen LogP contribution < -0.4 is 14.8 Å². The van der Waals surface area contributed by atoms with Crippen molar-refractivity contribution in [1.82, 2.24) is 10.3 Å². The molecule has 1 aromatic carbocycles. The fourth-order valence-corrected chi connectivity index (χ4v) is 2.80. The third-order valence-corrected chi connectivity index (χ3v) is 4.01. The number of nitrogens with zero attached hydrogens (tertiary/aromatic N) is 1. The van der Waals surface area contributed by atoms with Crippen LogP contribution in [0.3, 0.4) is 0 Å². The number of aromatic nitrogens is 1. The average molecular weight is 312 g/mol. The number of fused-ring (bicyclic) bond motifs is 1. The molecule has 5 nitrogen and oxygen atoms in total. The molecular formula is C18H20N2O3. The Bertz CT molecular complexity index is 687. The third-order valence-electron chi connectivity index (χ3n) is 4.01. The van der Waals surface area contributed by atoms with Crippen molar-refractivity contribution >= 4 is 5.91 Å². The van der Waals surface area contributed by atoms with Gasteiger partial charge in [0.05, 0.1) is 13.7 Å².